The third-order valence-corrected chi connectivity index (χ3v) is 8.56. The molecule has 8 nitrogen and oxygen atoms in total. The number of hydrogen-bond donors (Lipinski definition) is 4. The number of rotatable bonds is 6. The van der Waals surface area contributed by atoms with E-state index < -0.39 is 24.1 Å². The third-order valence-electron chi connectivity index (χ3n) is 7.05. The first-order valence-electron chi connectivity index (χ1n) is 10.5. The van der Waals surface area contributed by atoms with Gasteiger partial charge in [0.15, 0.2) is 0 Å². The lowest BCUT2D eigenvalue weighted by molar-refractivity contribution is -0.163. The maximum Gasteiger partial charge on any atom is 0.353 e. The molecule has 162 valence electrons. The van der Waals surface area contributed by atoms with Gasteiger partial charge in [-0.3, -0.25) is 4.79 Å². The summed E-state index contributed by atoms with van der Waals surface area (Å²) in [5.41, 5.74) is 0.0795. The number of thioether (sulfide) groups is 1. The minimum absolute atomic E-state index is 0.0125. The molecule has 3 saturated heterocycles. The fourth-order valence-electron chi connectivity index (χ4n) is 5.52. The summed E-state index contributed by atoms with van der Waals surface area (Å²) in [4.78, 5) is 28.7. The number of amides is 1. The van der Waals surface area contributed by atoms with E-state index in [-0.39, 0.29) is 40.8 Å². The van der Waals surface area contributed by atoms with Gasteiger partial charge in [0.25, 0.3) is 0 Å². The zero-order valence-corrected chi connectivity index (χ0v) is 17.9. The Morgan fingerprint density at radius 1 is 1.34 bits per heavy atom. The highest BCUT2D eigenvalue weighted by Crippen LogP contribution is 2.51. The van der Waals surface area contributed by atoms with Crippen molar-refractivity contribution in [1.29, 1.82) is 0 Å². The molecule has 1 amide bonds. The molecule has 0 aromatic carbocycles. The number of aliphatic carboxylic acids is 1. The standard InChI is InChI=1S/C20H31N3O5S/c1-9-15-14(10(2)24)19(26)23(15)16(20(27)28)18(9)29-12-6-13(21-7-12)17(25)11-4-5-22(3)8-11/h9-15,17,21,24-25H,4-8H2,1-3H3,(H,27,28)/t9-,10-,11-,12+,13+,14-,15?,17?/m1/s1. The van der Waals surface area contributed by atoms with Crippen LogP contribution in [-0.4, -0.2) is 93.2 Å². The van der Waals surface area contributed by atoms with Gasteiger partial charge in [0, 0.05) is 41.1 Å². The van der Waals surface area contributed by atoms with Crippen LogP contribution in [0, 0.1) is 17.8 Å². The van der Waals surface area contributed by atoms with Gasteiger partial charge in [0.1, 0.15) is 5.70 Å². The second kappa shape index (κ2) is 7.85. The van der Waals surface area contributed by atoms with Crippen LogP contribution in [0.25, 0.3) is 0 Å². The molecule has 4 N–H and O–H groups in total. The van der Waals surface area contributed by atoms with E-state index in [1.165, 1.54) is 16.7 Å². The number of hydrogen-bond acceptors (Lipinski definition) is 7. The van der Waals surface area contributed by atoms with Crippen LogP contribution in [0.3, 0.4) is 0 Å². The summed E-state index contributed by atoms with van der Waals surface area (Å²) >= 11 is 1.53. The summed E-state index contributed by atoms with van der Waals surface area (Å²) in [5, 5.41) is 34.1. The second-order valence-corrected chi connectivity index (χ2v) is 10.4. The van der Waals surface area contributed by atoms with Crippen molar-refractivity contribution in [3.63, 3.8) is 0 Å². The molecule has 0 saturated carbocycles. The molecule has 4 aliphatic heterocycles. The number of likely N-dealkylation sites (tertiary alicyclic amines) is 1. The highest BCUT2D eigenvalue weighted by atomic mass is 32.2. The van der Waals surface area contributed by atoms with Gasteiger partial charge in [-0.15, -0.1) is 11.8 Å². The lowest BCUT2D eigenvalue weighted by Gasteiger charge is -2.46. The van der Waals surface area contributed by atoms with Crippen molar-refractivity contribution in [2.75, 3.05) is 26.7 Å². The zero-order chi connectivity index (χ0) is 21.0. The van der Waals surface area contributed by atoms with Crippen LogP contribution in [0.4, 0.5) is 0 Å². The van der Waals surface area contributed by atoms with Gasteiger partial charge in [0.05, 0.1) is 24.2 Å². The SMILES string of the molecule is C[C@H]1C(S[C@@H]2CN[C@H](C(O)[C@@H]3CCN(C)C3)C2)=C(C(=O)O)N2C(=O)[C@H]([C@@H](C)O)C12. The summed E-state index contributed by atoms with van der Waals surface area (Å²) in [5.74, 6) is -1.76. The molecule has 4 rings (SSSR count). The van der Waals surface area contributed by atoms with E-state index in [2.05, 4.69) is 17.3 Å². The molecule has 0 spiro atoms. The molecule has 8 atom stereocenters. The Hall–Kier alpha value is -1.13. The van der Waals surface area contributed by atoms with Gasteiger partial charge in [0.2, 0.25) is 5.91 Å². The van der Waals surface area contributed by atoms with E-state index in [0.717, 1.165) is 30.8 Å². The van der Waals surface area contributed by atoms with Crippen LogP contribution >= 0.6 is 11.8 Å². The second-order valence-electron chi connectivity index (χ2n) is 9.06. The van der Waals surface area contributed by atoms with E-state index in [1.54, 1.807) is 6.92 Å². The van der Waals surface area contributed by atoms with Crippen LogP contribution in [0.1, 0.15) is 26.7 Å². The van der Waals surface area contributed by atoms with Crippen LogP contribution < -0.4 is 5.32 Å². The normalized spacial score (nSPS) is 39.6. The van der Waals surface area contributed by atoms with E-state index in [1.807, 2.05) is 6.92 Å². The van der Waals surface area contributed by atoms with E-state index in [0.29, 0.717) is 6.54 Å². The Bertz CT molecular complexity index is 729. The summed E-state index contributed by atoms with van der Waals surface area (Å²) in [6, 6.07) is -0.265. The molecule has 0 aromatic heterocycles. The minimum Gasteiger partial charge on any atom is -0.477 e. The fraction of sp³-hybridized carbons (Fsp3) is 0.800. The number of nitrogens with zero attached hydrogens (tertiary/aromatic N) is 2. The topological polar surface area (TPSA) is 113 Å². The average molecular weight is 426 g/mol. The molecule has 4 heterocycles. The largest absolute Gasteiger partial charge is 0.477 e. The number of aliphatic hydroxyl groups excluding tert-OH is 2. The molecule has 4 aliphatic rings. The first-order valence-corrected chi connectivity index (χ1v) is 11.3. The number of β-lactam (4-membered cyclic amide) rings is 1. The van der Waals surface area contributed by atoms with Crippen LogP contribution in [0.5, 0.6) is 0 Å². The first kappa shape index (κ1) is 21.1. The average Bonchev–Trinajstić information content (AvgIpc) is 3.33. The van der Waals surface area contributed by atoms with Gasteiger partial charge in [-0.25, -0.2) is 4.79 Å². The van der Waals surface area contributed by atoms with Crippen molar-refractivity contribution in [2.24, 2.45) is 17.8 Å². The highest BCUT2D eigenvalue weighted by molar-refractivity contribution is 8.03. The highest BCUT2D eigenvalue weighted by Gasteiger charge is 2.60. The number of carbonyl (C=O) groups is 2. The zero-order valence-electron chi connectivity index (χ0n) is 17.1. The van der Waals surface area contributed by atoms with Crippen LogP contribution in [-0.2, 0) is 9.59 Å². The van der Waals surface area contributed by atoms with Gasteiger partial charge < -0.3 is 30.4 Å². The summed E-state index contributed by atoms with van der Waals surface area (Å²) in [6.07, 6.45) is 0.579. The smallest absolute Gasteiger partial charge is 0.353 e. The molecule has 0 radical (unpaired) electrons. The molecular weight excluding hydrogens is 394 g/mol. The van der Waals surface area contributed by atoms with Crippen LogP contribution in [0.15, 0.2) is 10.6 Å². The Labute approximate surface area is 175 Å². The Kier molecular flexibility index (Phi) is 5.71. The summed E-state index contributed by atoms with van der Waals surface area (Å²) in [6.45, 7) is 6.15. The molecule has 9 heteroatoms. The fourth-order valence-corrected chi connectivity index (χ4v) is 7.01. The van der Waals surface area contributed by atoms with Crippen molar-refractivity contribution in [1.82, 2.24) is 15.1 Å². The van der Waals surface area contributed by atoms with Crippen molar-refractivity contribution >= 4 is 23.6 Å². The number of nitrogens with one attached hydrogen (secondary N) is 1. The van der Waals surface area contributed by atoms with Crippen molar-refractivity contribution in [2.45, 2.75) is 56.2 Å². The van der Waals surface area contributed by atoms with Gasteiger partial charge in [-0.2, -0.15) is 0 Å². The molecule has 2 unspecified atom stereocenters. The molecule has 0 bridgehead atoms. The van der Waals surface area contributed by atoms with Crippen molar-refractivity contribution in [3.8, 4) is 0 Å². The number of carboxylic acids is 1. The van der Waals surface area contributed by atoms with Crippen LogP contribution in [0.2, 0.25) is 0 Å². The Morgan fingerprint density at radius 3 is 2.66 bits per heavy atom. The Balaban J connectivity index is 1.45. The number of carbonyl (C=O) groups excluding carboxylic acids is 1. The molecule has 0 aliphatic carbocycles. The third kappa shape index (κ3) is 3.50. The Morgan fingerprint density at radius 2 is 2.07 bits per heavy atom. The van der Waals surface area contributed by atoms with Gasteiger partial charge in [-0.1, -0.05) is 6.92 Å². The minimum atomic E-state index is -1.09. The maximum atomic E-state index is 12.5. The molecule has 29 heavy (non-hydrogen) atoms. The predicted octanol–water partition coefficient (Wildman–Crippen LogP) is -0.0836. The van der Waals surface area contributed by atoms with Gasteiger partial charge in [-0.05, 0) is 33.4 Å². The van der Waals surface area contributed by atoms with Gasteiger partial charge >= 0.3 is 5.97 Å². The van der Waals surface area contributed by atoms with Crippen molar-refractivity contribution < 1.29 is 24.9 Å². The van der Waals surface area contributed by atoms with Crippen molar-refractivity contribution in [3.05, 3.63) is 10.6 Å². The quantitative estimate of drug-likeness (QED) is 0.437. The summed E-state index contributed by atoms with van der Waals surface area (Å²) < 4.78 is 0. The monoisotopic (exact) mass is 425 g/mol. The van der Waals surface area contributed by atoms with E-state index >= 15 is 0 Å². The van der Waals surface area contributed by atoms with E-state index in [4.69, 9.17) is 0 Å². The lowest BCUT2D eigenvalue weighted by atomic mass is 9.79. The number of carboxylic acid groups (broad SMARTS) is 1. The lowest BCUT2D eigenvalue weighted by Crippen LogP contribution is -2.63. The first-order chi connectivity index (χ1) is 13.7. The maximum absolute atomic E-state index is 12.5. The molecule has 3 fully saturated rings. The number of aliphatic hydroxyl groups is 2. The molecular formula is C20H31N3O5S. The molecule has 0 aromatic rings. The summed E-state index contributed by atoms with van der Waals surface area (Å²) in [7, 11) is 2.07. The number of fused-ring (bicyclic) bond motifs is 1. The van der Waals surface area contributed by atoms with E-state index in [9.17, 15) is 24.9 Å². The predicted molar refractivity (Wildman–Crippen MR) is 109 cm³/mol.